The van der Waals surface area contributed by atoms with Gasteiger partial charge in [-0.05, 0) is 83.1 Å². The van der Waals surface area contributed by atoms with E-state index < -0.39 is 20.0 Å². The van der Waals surface area contributed by atoms with E-state index in [0.29, 0.717) is 17.4 Å². The van der Waals surface area contributed by atoms with Crippen LogP contribution in [0.4, 0.5) is 0 Å². The molecule has 0 aromatic heterocycles. The summed E-state index contributed by atoms with van der Waals surface area (Å²) in [5.74, 6) is -0.529. The standard InChI is InChI=1S/C68H131N2O7P/c1-7-10-13-16-19-22-25-28-30-32-34-35-37-38-40-42-45-48-51-54-57-60-67(71)69-65(64-76-78(73,74)75-63-62-70(4,5)6)66(59-56-53-50-47-44-27-24-21-18-15-12-9-3)77-68(72)61-58-55-52-49-46-43-41-39-36-33-31-29-26-23-20-17-14-11-8-2/h28-31,56,59,65-66H,7-27,32-55,57-58,60-64H2,1-6H3,(H-,69,71,73,74)/b30-28+,31-29+,59-56+. The Morgan fingerprint density at radius 2 is 0.744 bits per heavy atom. The molecule has 9 nitrogen and oxygen atoms in total. The molecule has 10 heteroatoms. The zero-order chi connectivity index (χ0) is 57.2. The molecule has 1 N–H and O–H groups in total. The van der Waals surface area contributed by atoms with Crippen LogP contribution in [0.1, 0.15) is 335 Å². The van der Waals surface area contributed by atoms with Gasteiger partial charge in [-0.15, -0.1) is 0 Å². The Morgan fingerprint density at radius 3 is 1.09 bits per heavy atom. The number of quaternary nitrogens is 1. The van der Waals surface area contributed by atoms with Crippen molar-refractivity contribution < 1.29 is 37.3 Å². The van der Waals surface area contributed by atoms with Crippen LogP contribution in [0.15, 0.2) is 36.5 Å². The van der Waals surface area contributed by atoms with Crippen molar-refractivity contribution in [1.29, 1.82) is 0 Å². The van der Waals surface area contributed by atoms with Crippen LogP contribution in [-0.4, -0.2) is 69.4 Å². The first-order valence-corrected chi connectivity index (χ1v) is 35.3. The van der Waals surface area contributed by atoms with Crippen molar-refractivity contribution in [2.45, 2.75) is 348 Å². The molecule has 0 aromatic rings. The third kappa shape index (κ3) is 58.9. The highest BCUT2D eigenvalue weighted by molar-refractivity contribution is 7.45. The molecule has 0 aliphatic heterocycles. The Balaban J connectivity index is 5.13. The van der Waals surface area contributed by atoms with Gasteiger partial charge in [0, 0.05) is 12.8 Å². The van der Waals surface area contributed by atoms with E-state index in [4.69, 9.17) is 13.8 Å². The van der Waals surface area contributed by atoms with E-state index in [-0.39, 0.29) is 31.5 Å². The second kappa shape index (κ2) is 58.4. The van der Waals surface area contributed by atoms with E-state index in [1.54, 1.807) is 0 Å². The van der Waals surface area contributed by atoms with Gasteiger partial charge in [-0.3, -0.25) is 14.2 Å². The van der Waals surface area contributed by atoms with E-state index >= 15 is 0 Å². The van der Waals surface area contributed by atoms with Crippen LogP contribution in [-0.2, 0) is 27.9 Å². The van der Waals surface area contributed by atoms with Crippen LogP contribution in [0.5, 0.6) is 0 Å². The lowest BCUT2D eigenvalue weighted by atomic mass is 10.0. The molecule has 1 amide bonds. The largest absolute Gasteiger partial charge is 0.756 e. The van der Waals surface area contributed by atoms with Gasteiger partial charge in [-0.2, -0.15) is 0 Å². The number of nitrogens with one attached hydrogen (secondary N) is 1. The van der Waals surface area contributed by atoms with E-state index in [1.807, 2.05) is 33.3 Å². The quantitative estimate of drug-likeness (QED) is 0.0212. The number of phosphoric acid groups is 1. The first-order chi connectivity index (χ1) is 37.9. The molecule has 3 unspecified atom stereocenters. The number of rotatable bonds is 62. The number of unbranched alkanes of at least 4 members (excludes halogenated alkanes) is 42. The average Bonchev–Trinajstić information content (AvgIpc) is 3.40. The highest BCUT2D eigenvalue weighted by atomic mass is 31.2. The Morgan fingerprint density at radius 1 is 0.436 bits per heavy atom. The fourth-order valence-electron chi connectivity index (χ4n) is 10.0. The van der Waals surface area contributed by atoms with Crippen LogP contribution in [0, 0.1) is 0 Å². The smallest absolute Gasteiger partial charge is 0.306 e. The molecule has 0 heterocycles. The average molecular weight is 1120 g/mol. The van der Waals surface area contributed by atoms with Crippen molar-refractivity contribution in [2.24, 2.45) is 0 Å². The first-order valence-electron chi connectivity index (χ1n) is 33.8. The van der Waals surface area contributed by atoms with Crippen LogP contribution < -0.4 is 10.2 Å². The Labute approximate surface area is 485 Å². The van der Waals surface area contributed by atoms with Gasteiger partial charge in [0.2, 0.25) is 5.91 Å². The molecule has 0 aromatic carbocycles. The molecule has 0 radical (unpaired) electrons. The predicted octanol–water partition coefficient (Wildman–Crippen LogP) is 20.4. The Bertz CT molecular complexity index is 1430. The molecule has 0 rings (SSSR count). The fourth-order valence-corrected chi connectivity index (χ4v) is 10.8. The number of esters is 1. The summed E-state index contributed by atoms with van der Waals surface area (Å²) in [5.41, 5.74) is 0. The number of carbonyl (C=O) groups excluding carboxylic acids is 2. The number of hydrogen-bond donors (Lipinski definition) is 1. The number of allylic oxidation sites excluding steroid dienone is 5. The zero-order valence-electron chi connectivity index (χ0n) is 52.6. The molecule has 0 saturated heterocycles. The molecule has 0 aliphatic rings. The van der Waals surface area contributed by atoms with E-state index in [0.717, 1.165) is 57.8 Å². The van der Waals surface area contributed by atoms with Crippen LogP contribution in [0.3, 0.4) is 0 Å². The topological polar surface area (TPSA) is 114 Å². The summed E-state index contributed by atoms with van der Waals surface area (Å²) in [6.45, 7) is 6.88. The van der Waals surface area contributed by atoms with Gasteiger partial charge in [-0.1, -0.05) is 276 Å². The molecule has 0 fully saturated rings. The monoisotopic (exact) mass is 1120 g/mol. The minimum Gasteiger partial charge on any atom is -0.756 e. The molecular weight excluding hydrogens is 988 g/mol. The minimum atomic E-state index is -4.70. The molecule has 0 saturated carbocycles. The van der Waals surface area contributed by atoms with Crippen molar-refractivity contribution in [2.75, 3.05) is 40.9 Å². The Hall–Kier alpha value is -1.77. The SMILES string of the molecule is CCCCCCCC/C=C/CCCCCCCCCCCCCC(=O)NC(COP(=O)([O-])OCC[N+](C)(C)C)C(/C=C/CCCCCCCCCCCC)OC(=O)CCCCCCCCCCC/C=C/CCCCCCCC. The maximum atomic E-state index is 13.6. The fraction of sp³-hybridized carbons (Fsp3) is 0.882. The number of ether oxygens (including phenoxy) is 1. The van der Waals surface area contributed by atoms with Gasteiger partial charge in [-0.25, -0.2) is 0 Å². The predicted molar refractivity (Wildman–Crippen MR) is 335 cm³/mol. The summed E-state index contributed by atoms with van der Waals surface area (Å²) in [6.07, 6.45) is 71.1. The van der Waals surface area contributed by atoms with Crippen molar-refractivity contribution in [1.82, 2.24) is 5.32 Å². The second-order valence-electron chi connectivity index (χ2n) is 24.3. The van der Waals surface area contributed by atoms with E-state index in [9.17, 15) is 19.0 Å². The lowest BCUT2D eigenvalue weighted by Crippen LogP contribution is -2.47. The first kappa shape index (κ1) is 76.2. The number of nitrogens with zero attached hydrogens (tertiary/aromatic N) is 1. The lowest BCUT2D eigenvalue weighted by molar-refractivity contribution is -0.870. The number of amides is 1. The minimum absolute atomic E-state index is 0.0206. The summed E-state index contributed by atoms with van der Waals surface area (Å²) in [7, 11) is 1.20. The van der Waals surface area contributed by atoms with E-state index in [2.05, 4.69) is 50.4 Å². The van der Waals surface area contributed by atoms with Crippen molar-refractivity contribution >= 4 is 19.7 Å². The van der Waals surface area contributed by atoms with Crippen LogP contribution >= 0.6 is 7.82 Å². The van der Waals surface area contributed by atoms with Crippen molar-refractivity contribution in [3.8, 4) is 0 Å². The summed E-state index contributed by atoms with van der Waals surface area (Å²) in [4.78, 5) is 40.1. The summed E-state index contributed by atoms with van der Waals surface area (Å²) < 4.78 is 30.4. The number of carbonyl (C=O) groups is 2. The van der Waals surface area contributed by atoms with Gasteiger partial charge < -0.3 is 28.5 Å². The number of likely N-dealkylation sites (N-methyl/N-ethyl adjacent to an activating group) is 1. The van der Waals surface area contributed by atoms with Gasteiger partial charge in [0.05, 0.1) is 33.8 Å². The Kier molecular flexibility index (Phi) is 57.1. The zero-order valence-corrected chi connectivity index (χ0v) is 53.5. The van der Waals surface area contributed by atoms with Gasteiger partial charge in [0.15, 0.2) is 0 Å². The summed E-state index contributed by atoms with van der Waals surface area (Å²) in [6, 6.07) is -0.887. The van der Waals surface area contributed by atoms with E-state index in [1.165, 1.54) is 244 Å². The molecule has 460 valence electrons. The van der Waals surface area contributed by atoms with Crippen molar-refractivity contribution in [3.63, 3.8) is 0 Å². The third-order valence-corrected chi connectivity index (χ3v) is 16.3. The third-order valence-electron chi connectivity index (χ3n) is 15.3. The molecule has 3 atom stereocenters. The van der Waals surface area contributed by atoms with Crippen LogP contribution in [0.25, 0.3) is 0 Å². The number of phosphoric ester groups is 1. The normalized spacial score (nSPS) is 13.8. The van der Waals surface area contributed by atoms with Gasteiger partial charge >= 0.3 is 5.97 Å². The maximum Gasteiger partial charge on any atom is 0.306 e. The summed E-state index contributed by atoms with van der Waals surface area (Å²) >= 11 is 0. The second-order valence-corrected chi connectivity index (χ2v) is 25.7. The molecule has 0 spiro atoms. The molecule has 0 bridgehead atoms. The number of hydrogen-bond acceptors (Lipinski definition) is 7. The lowest BCUT2D eigenvalue weighted by Gasteiger charge is -2.30. The maximum absolute atomic E-state index is 13.6. The van der Waals surface area contributed by atoms with Crippen molar-refractivity contribution in [3.05, 3.63) is 36.5 Å². The highest BCUT2D eigenvalue weighted by Crippen LogP contribution is 2.38. The van der Waals surface area contributed by atoms with Gasteiger partial charge in [0.25, 0.3) is 7.82 Å². The molecule has 78 heavy (non-hydrogen) atoms. The van der Waals surface area contributed by atoms with Crippen LogP contribution in [0.2, 0.25) is 0 Å². The van der Waals surface area contributed by atoms with Gasteiger partial charge in [0.1, 0.15) is 19.3 Å². The summed E-state index contributed by atoms with van der Waals surface area (Å²) in [5, 5.41) is 3.04. The highest BCUT2D eigenvalue weighted by Gasteiger charge is 2.27. The molecule has 0 aliphatic carbocycles. The molecular formula is C68H131N2O7P.